The summed E-state index contributed by atoms with van der Waals surface area (Å²) in [5.74, 6) is -0.611. The van der Waals surface area contributed by atoms with Crippen LogP contribution in [0.15, 0.2) is 182 Å². The quantitative estimate of drug-likeness (QED) is 0.0218. The molecule has 0 spiro atoms. The number of nitrogens with zero attached hydrogens (tertiary/aromatic N) is 3. The van der Waals surface area contributed by atoms with Crippen LogP contribution in [0.4, 0.5) is 0 Å². The molecule has 0 amide bonds. The molecule has 11 aromatic rings. The first kappa shape index (κ1) is 81.0. The normalized spacial score (nSPS) is 15.8. The molecule has 8 aromatic carbocycles. The Morgan fingerprint density at radius 3 is 1.17 bits per heavy atom. The molecule has 11 N–H and O–H groups in total. The van der Waals surface area contributed by atoms with Gasteiger partial charge in [0.05, 0.1) is 22.3 Å². The third kappa shape index (κ3) is 18.4. The van der Waals surface area contributed by atoms with Crippen LogP contribution in [0, 0.1) is 0 Å². The average molecular weight is 1520 g/mol. The van der Waals surface area contributed by atoms with E-state index in [0.29, 0.717) is 126 Å². The van der Waals surface area contributed by atoms with Gasteiger partial charge in [0.25, 0.3) is 0 Å². The average Bonchev–Trinajstić information content (AvgIpc) is 1.63. The zero-order valence-electron chi connectivity index (χ0n) is 63.5. The van der Waals surface area contributed by atoms with Crippen molar-refractivity contribution in [2.45, 2.75) is 115 Å². The van der Waals surface area contributed by atoms with Gasteiger partial charge in [-0.05, 0) is 165 Å². The first-order valence-electron chi connectivity index (χ1n) is 37.6. The molecule has 4 aliphatic heterocycles. The third-order valence-electron chi connectivity index (χ3n) is 21.0. The number of ketones is 8. The molecule has 0 aliphatic carbocycles. The van der Waals surface area contributed by atoms with Crippen molar-refractivity contribution in [2.75, 3.05) is 26.2 Å². The zero-order chi connectivity index (χ0) is 80.5. The van der Waals surface area contributed by atoms with Crippen LogP contribution >= 0.6 is 0 Å². The number of carbonyl (C=O) groups excluding carboxylic acids is 8. The molecule has 0 saturated heterocycles. The smallest absolute Gasteiger partial charge is 0.526 e. The molecule has 113 heavy (non-hydrogen) atoms. The Balaban J connectivity index is 0.000000140. The highest BCUT2D eigenvalue weighted by Crippen LogP contribution is 2.42. The number of phenols is 1. The van der Waals surface area contributed by atoms with Crippen LogP contribution in [0.25, 0.3) is 32.7 Å². The minimum Gasteiger partial charge on any atom is -0.535 e. The van der Waals surface area contributed by atoms with Crippen molar-refractivity contribution in [3.63, 3.8) is 0 Å². The Morgan fingerprint density at radius 2 is 0.761 bits per heavy atom. The van der Waals surface area contributed by atoms with E-state index < -0.39 is 34.3 Å². The van der Waals surface area contributed by atoms with E-state index in [4.69, 9.17) is 40.6 Å². The minimum absolute atomic E-state index is 0.0306. The second-order valence-electron chi connectivity index (χ2n) is 28.9. The van der Waals surface area contributed by atoms with Gasteiger partial charge in [-0.15, -0.1) is 0 Å². The van der Waals surface area contributed by atoms with Gasteiger partial charge in [0, 0.05) is 152 Å². The first-order chi connectivity index (χ1) is 54.3. The van der Waals surface area contributed by atoms with E-state index in [9.17, 15) is 63.6 Å². The number of rotatable bonds is 23. The van der Waals surface area contributed by atoms with Crippen LogP contribution in [0.3, 0.4) is 0 Å². The number of fused-ring (bicyclic) bond motifs is 7. The number of hydrogen-bond acceptors (Lipinski definition) is 21. The highest BCUT2D eigenvalue weighted by Gasteiger charge is 2.42. The van der Waals surface area contributed by atoms with Crippen LogP contribution in [0.1, 0.15) is 158 Å². The summed E-state index contributed by atoms with van der Waals surface area (Å²) in [4.78, 5) is 98.5. The number of carbonyl (C=O) groups is 8. The molecule has 28 heteroatoms. The van der Waals surface area contributed by atoms with Gasteiger partial charge in [-0.3, -0.25) is 38.4 Å². The molecule has 4 aliphatic rings. The highest BCUT2D eigenvalue weighted by molar-refractivity contribution is 6.48. The number of aromatic nitrogens is 3. The lowest BCUT2D eigenvalue weighted by Gasteiger charge is -2.28. The maximum absolute atomic E-state index is 13.1. The van der Waals surface area contributed by atoms with Crippen molar-refractivity contribution < 1.29 is 86.9 Å². The lowest BCUT2D eigenvalue weighted by Crippen LogP contribution is -2.35. The fourth-order valence-electron chi connectivity index (χ4n) is 15.1. The Kier molecular flexibility index (Phi) is 25.7. The van der Waals surface area contributed by atoms with Gasteiger partial charge in [-0.2, -0.15) is 0 Å². The molecule has 4 atom stereocenters. The SMILES string of the molecule is CC(=O)c1cccc2c1OB(O)[C@@H](CC(=O)c1ccc(OCCN)c(O)c1)C2.CC(=O)c1cccc2c1OB(O)[C@@H](CC(=O)c1ccc3ccn(C)c3c1)C2.CC(=O)c1cccc2c1OB(O)[C@@H](CC(=O)c1ccc3ccn(CCN)c3c1)C2.CC(=O)c1cccc2c1OB(O)[C@@H](CC(=O)c1cccc3c1ccn3CCN)C2. The Hall–Kier alpha value is -11.5. The van der Waals surface area contributed by atoms with E-state index >= 15 is 0 Å². The molecule has 0 fully saturated rings. The summed E-state index contributed by atoms with van der Waals surface area (Å²) in [6, 6.07) is 48.6. The van der Waals surface area contributed by atoms with Gasteiger partial charge >= 0.3 is 28.5 Å². The topological polar surface area (TPSA) is 377 Å². The van der Waals surface area contributed by atoms with Crippen molar-refractivity contribution >= 4 is 107 Å². The van der Waals surface area contributed by atoms with Gasteiger partial charge in [0.15, 0.2) is 57.8 Å². The van der Waals surface area contributed by atoms with E-state index in [2.05, 4.69) is 0 Å². The number of hydrogen-bond donors (Lipinski definition) is 8. The van der Waals surface area contributed by atoms with Crippen LogP contribution in [-0.2, 0) is 45.8 Å². The Bertz CT molecular complexity index is 5460. The van der Waals surface area contributed by atoms with Crippen LogP contribution < -0.4 is 40.6 Å². The van der Waals surface area contributed by atoms with Gasteiger partial charge in [0.2, 0.25) is 0 Å². The molecular weight excluding hydrogens is 1440 g/mol. The summed E-state index contributed by atoms with van der Waals surface area (Å²) in [6.07, 6.45) is 8.27. The van der Waals surface area contributed by atoms with Gasteiger partial charge in [-0.1, -0.05) is 84.9 Å². The second-order valence-corrected chi connectivity index (χ2v) is 28.9. The number of aromatic hydroxyl groups is 1. The molecule has 3 aromatic heterocycles. The molecule has 0 bridgehead atoms. The molecule has 0 unspecified atom stereocenters. The monoisotopic (exact) mass is 1520 g/mol. The molecular formula is C85H88B4N6O18. The number of benzene rings is 8. The summed E-state index contributed by atoms with van der Waals surface area (Å²) in [6.45, 7) is 8.84. The highest BCUT2D eigenvalue weighted by atomic mass is 16.5. The molecule has 0 radical (unpaired) electrons. The third-order valence-corrected chi connectivity index (χ3v) is 21.0. The molecule has 24 nitrogen and oxygen atoms in total. The number of nitrogens with two attached hydrogens (primary N) is 3. The number of para-hydroxylation sites is 4. The summed E-state index contributed by atoms with van der Waals surface area (Å²) < 4.78 is 33.8. The predicted molar refractivity (Wildman–Crippen MR) is 433 cm³/mol. The fraction of sp³-hybridized carbons (Fsp3) is 0.271. The molecule has 15 rings (SSSR count). The summed E-state index contributed by atoms with van der Waals surface area (Å²) in [5, 5.41) is 54.8. The van der Waals surface area contributed by atoms with Crippen LogP contribution in [0.5, 0.6) is 34.5 Å². The first-order valence-corrected chi connectivity index (χ1v) is 37.6. The number of aryl methyl sites for hydroxylation is 1. The van der Waals surface area contributed by atoms with Crippen molar-refractivity contribution in [3.05, 3.63) is 249 Å². The van der Waals surface area contributed by atoms with Crippen molar-refractivity contribution in [1.29, 1.82) is 0 Å². The molecule has 7 heterocycles. The van der Waals surface area contributed by atoms with Gasteiger partial charge in [0.1, 0.15) is 29.6 Å². The summed E-state index contributed by atoms with van der Waals surface area (Å²) >= 11 is 0. The Morgan fingerprint density at radius 1 is 0.407 bits per heavy atom. The number of phenolic OH excluding ortho intramolecular Hbond substituents is 1. The van der Waals surface area contributed by atoms with Crippen molar-refractivity contribution in [3.8, 4) is 34.5 Å². The van der Waals surface area contributed by atoms with E-state index in [1.54, 1.807) is 54.6 Å². The zero-order valence-corrected chi connectivity index (χ0v) is 63.5. The number of ether oxygens (including phenoxy) is 1. The minimum atomic E-state index is -1.20. The maximum atomic E-state index is 13.1. The second kappa shape index (κ2) is 35.9. The lowest BCUT2D eigenvalue weighted by molar-refractivity contribution is 0.0967. The van der Waals surface area contributed by atoms with Crippen molar-refractivity contribution in [2.24, 2.45) is 24.2 Å². The standard InChI is InChI=1S/2C22H23BN2O4.C21H20BNO4.C20H22BNO6/c1-14(26)17-5-2-4-15-12-16(23(28)29-22(15)17)13-21(27)19-6-3-7-20-18(19)8-10-25(20)11-9-24;1-14(26)19-4-2-3-17-11-18(23(28)29-22(17)19)13-21(27)16-6-5-15-7-9-25(10-8-24)20(15)12-16;1-13(24)18-5-3-4-16-10-17(22(26)27-21(16)18)12-20(25)15-7-6-14-8-9-23(2)19(14)11-15;1-12(23)16-4-2-3-14-9-15(21(26)28-20(14)16)11-17(24)13-5-6-19(18(25)10-13)27-8-7-22/h2-8,10,16,28H,9,11-13,24H2,1H3;2-7,9,12,18,28H,8,10-11,13,24H2,1H3;3-9,11,17,26H,10,12H2,1-2H3;2-6,10,15,25-26H,7-9,11,22H2,1H3/t16-;18-;17-;15-/m1111/s1. The van der Waals surface area contributed by atoms with Crippen molar-refractivity contribution in [1.82, 2.24) is 13.7 Å². The van der Waals surface area contributed by atoms with Gasteiger partial charge < -0.3 is 79.5 Å². The van der Waals surface area contributed by atoms with E-state index in [1.165, 1.54) is 39.8 Å². The van der Waals surface area contributed by atoms with E-state index in [-0.39, 0.29) is 108 Å². The van der Waals surface area contributed by atoms with Crippen LogP contribution in [0.2, 0.25) is 23.3 Å². The predicted octanol–water partition coefficient (Wildman–Crippen LogP) is 11.2. The van der Waals surface area contributed by atoms with E-state index in [0.717, 1.165) is 55.0 Å². The lowest BCUT2D eigenvalue weighted by atomic mass is 9.64. The Labute approximate surface area is 654 Å². The number of Topliss-reactive ketones (excluding diaryl/α,β-unsaturated/α-hetero) is 8. The summed E-state index contributed by atoms with van der Waals surface area (Å²) in [5.41, 5.74) is 26.9. The van der Waals surface area contributed by atoms with E-state index in [1.807, 2.05) is 136 Å². The van der Waals surface area contributed by atoms with Crippen LogP contribution in [-0.4, -0.2) is 140 Å². The largest absolute Gasteiger partial charge is 0.535 e. The molecule has 578 valence electrons. The van der Waals surface area contributed by atoms with Gasteiger partial charge in [-0.25, -0.2) is 0 Å². The maximum Gasteiger partial charge on any atom is 0.526 e. The fourth-order valence-corrected chi connectivity index (χ4v) is 15.1. The summed E-state index contributed by atoms with van der Waals surface area (Å²) in [7, 11) is -2.62. The molecule has 0 saturated carbocycles.